The Balaban J connectivity index is 1.58. The minimum atomic E-state index is -0.178. The number of pyridine rings is 2. The van der Waals surface area contributed by atoms with Gasteiger partial charge in [-0.15, -0.1) is 0 Å². The molecule has 4 rings (SSSR count). The molecule has 0 bridgehead atoms. The van der Waals surface area contributed by atoms with Crippen molar-refractivity contribution in [3.05, 3.63) is 40.9 Å². The summed E-state index contributed by atoms with van der Waals surface area (Å²) < 4.78 is 18.2. The van der Waals surface area contributed by atoms with Gasteiger partial charge in [0.15, 0.2) is 11.5 Å². The zero-order valence-corrected chi connectivity index (χ0v) is 23.9. The average molecular weight is 539 g/mol. The van der Waals surface area contributed by atoms with Crippen LogP contribution in [0.5, 0.6) is 5.88 Å². The largest absolute Gasteiger partial charge is 0.481 e. The molecule has 0 aromatic carbocycles. The first-order valence-corrected chi connectivity index (χ1v) is 13.8. The fraction of sp³-hybridized carbons (Fsp3) is 0.586. The number of hydrogen-bond donors (Lipinski definition) is 1. The monoisotopic (exact) mass is 538 g/mol. The van der Waals surface area contributed by atoms with Crippen molar-refractivity contribution in [1.29, 1.82) is 0 Å². The van der Waals surface area contributed by atoms with Gasteiger partial charge in [0.25, 0.3) is 5.56 Å². The molecule has 4 heterocycles. The van der Waals surface area contributed by atoms with Crippen molar-refractivity contribution in [1.82, 2.24) is 24.4 Å². The lowest BCUT2D eigenvalue weighted by Crippen LogP contribution is -2.45. The molecule has 1 atom stereocenters. The Kier molecular flexibility index (Phi) is 9.88. The molecule has 3 aromatic rings. The van der Waals surface area contributed by atoms with Crippen molar-refractivity contribution in [2.45, 2.75) is 52.7 Å². The highest BCUT2D eigenvalue weighted by atomic mass is 16.5. The summed E-state index contributed by atoms with van der Waals surface area (Å²) in [6, 6.07) is 5.66. The Morgan fingerprint density at radius 3 is 2.67 bits per heavy atom. The Labute approximate surface area is 230 Å². The summed E-state index contributed by atoms with van der Waals surface area (Å²) in [4.78, 5) is 29.7. The Morgan fingerprint density at radius 1 is 1.13 bits per heavy atom. The van der Waals surface area contributed by atoms with Crippen LogP contribution in [0.1, 0.15) is 40.0 Å². The molecule has 0 radical (unpaired) electrons. The van der Waals surface area contributed by atoms with E-state index in [1.807, 2.05) is 12.1 Å². The molecule has 0 aliphatic carbocycles. The van der Waals surface area contributed by atoms with Crippen LogP contribution in [0.4, 0.5) is 5.82 Å². The summed E-state index contributed by atoms with van der Waals surface area (Å²) in [7, 11) is 3.37. The number of rotatable bonds is 13. The Bertz CT molecular complexity index is 1280. The number of nitrogens with one attached hydrogen (secondary N) is 1. The van der Waals surface area contributed by atoms with Gasteiger partial charge in [-0.2, -0.15) is 0 Å². The van der Waals surface area contributed by atoms with Crippen LogP contribution in [0.15, 0.2) is 35.4 Å². The zero-order chi connectivity index (χ0) is 27.8. The van der Waals surface area contributed by atoms with Gasteiger partial charge in [0.2, 0.25) is 5.88 Å². The SMILES string of the molecule is CCCOCCn1c(=O)c(NCC(C)(C)CN2CCC[C@H](OC)C2)nc2ncc(-c3ccc(OC)nc3)cc21. The summed E-state index contributed by atoms with van der Waals surface area (Å²) in [5.74, 6) is 0.849. The van der Waals surface area contributed by atoms with E-state index in [-0.39, 0.29) is 17.1 Å². The van der Waals surface area contributed by atoms with Crippen LogP contribution in [-0.4, -0.2) is 84.1 Å². The Morgan fingerprint density at radius 2 is 1.95 bits per heavy atom. The number of methoxy groups -OCH3 is 2. The standard InChI is InChI=1S/C29H42N6O4/c1-6-13-39-14-12-35-24-15-22(21-9-10-25(38-5)30-16-21)17-31-26(24)33-27(28(35)36)32-19-29(2,3)20-34-11-7-8-23(18-34)37-4/h9-10,15-17,23H,6-8,11-14,18-20H2,1-5H3,(H,31,32,33)/t23-/m0/s1. The maximum atomic E-state index is 13.7. The molecule has 1 fully saturated rings. The normalized spacial score (nSPS) is 16.5. The lowest BCUT2D eigenvalue weighted by Gasteiger charge is -2.37. The fourth-order valence-electron chi connectivity index (χ4n) is 5.02. The summed E-state index contributed by atoms with van der Waals surface area (Å²) in [5, 5.41) is 3.35. The van der Waals surface area contributed by atoms with E-state index in [4.69, 9.17) is 14.2 Å². The molecule has 0 spiro atoms. The second-order valence-electron chi connectivity index (χ2n) is 10.9. The van der Waals surface area contributed by atoms with Crippen LogP contribution in [0.25, 0.3) is 22.3 Å². The highest BCUT2D eigenvalue weighted by Crippen LogP contribution is 2.24. The van der Waals surface area contributed by atoms with Crippen molar-refractivity contribution >= 4 is 17.0 Å². The topological polar surface area (TPSA) is 104 Å². The summed E-state index contributed by atoms with van der Waals surface area (Å²) in [6.07, 6.45) is 6.95. The molecular weight excluding hydrogens is 496 g/mol. The molecule has 10 nitrogen and oxygen atoms in total. The molecule has 0 saturated carbocycles. The van der Waals surface area contributed by atoms with Gasteiger partial charge in [-0.05, 0) is 43.4 Å². The molecule has 1 N–H and O–H groups in total. The lowest BCUT2D eigenvalue weighted by molar-refractivity contribution is 0.0197. The molecule has 10 heteroatoms. The summed E-state index contributed by atoms with van der Waals surface area (Å²) in [5.41, 5.74) is 2.64. The van der Waals surface area contributed by atoms with Gasteiger partial charge in [-0.25, -0.2) is 15.0 Å². The van der Waals surface area contributed by atoms with Gasteiger partial charge in [0, 0.05) is 69.5 Å². The third-order valence-corrected chi connectivity index (χ3v) is 7.07. The van der Waals surface area contributed by atoms with E-state index in [2.05, 4.69) is 45.9 Å². The quantitative estimate of drug-likeness (QED) is 0.325. The van der Waals surface area contributed by atoms with E-state index in [1.165, 1.54) is 0 Å². The molecule has 1 saturated heterocycles. The molecule has 1 aliphatic heterocycles. The number of hydrogen-bond acceptors (Lipinski definition) is 9. The smallest absolute Gasteiger partial charge is 0.293 e. The number of ether oxygens (including phenoxy) is 3. The zero-order valence-electron chi connectivity index (χ0n) is 23.9. The van der Waals surface area contributed by atoms with E-state index in [1.54, 1.807) is 37.2 Å². The second-order valence-corrected chi connectivity index (χ2v) is 10.9. The first-order chi connectivity index (χ1) is 18.8. The Hall–Kier alpha value is -3.08. The van der Waals surface area contributed by atoms with Crippen LogP contribution in [-0.2, 0) is 16.0 Å². The van der Waals surface area contributed by atoms with E-state index in [9.17, 15) is 4.79 Å². The van der Waals surface area contributed by atoms with Gasteiger partial charge in [0.1, 0.15) is 0 Å². The minimum absolute atomic E-state index is 0.0770. The molecule has 212 valence electrons. The van der Waals surface area contributed by atoms with Crippen molar-refractivity contribution in [3.8, 4) is 17.0 Å². The summed E-state index contributed by atoms with van der Waals surface area (Å²) >= 11 is 0. The van der Waals surface area contributed by atoms with E-state index >= 15 is 0 Å². The molecule has 3 aromatic heterocycles. The first-order valence-electron chi connectivity index (χ1n) is 13.8. The van der Waals surface area contributed by atoms with Crippen LogP contribution >= 0.6 is 0 Å². The molecule has 39 heavy (non-hydrogen) atoms. The fourth-order valence-corrected chi connectivity index (χ4v) is 5.02. The third kappa shape index (κ3) is 7.52. The van der Waals surface area contributed by atoms with Gasteiger partial charge in [-0.3, -0.25) is 9.36 Å². The minimum Gasteiger partial charge on any atom is -0.481 e. The number of nitrogens with zero attached hydrogens (tertiary/aromatic N) is 5. The summed E-state index contributed by atoms with van der Waals surface area (Å²) in [6.45, 7) is 11.5. The van der Waals surface area contributed by atoms with E-state index in [0.29, 0.717) is 49.2 Å². The number of anilines is 1. The lowest BCUT2D eigenvalue weighted by atomic mass is 9.91. The highest BCUT2D eigenvalue weighted by Gasteiger charge is 2.27. The van der Waals surface area contributed by atoms with Crippen molar-refractivity contribution in [2.24, 2.45) is 5.41 Å². The van der Waals surface area contributed by atoms with Gasteiger partial charge in [0.05, 0.1) is 25.3 Å². The van der Waals surface area contributed by atoms with E-state index < -0.39 is 0 Å². The number of aromatic nitrogens is 4. The number of piperidine rings is 1. The van der Waals surface area contributed by atoms with Crippen molar-refractivity contribution in [2.75, 3.05) is 58.9 Å². The van der Waals surface area contributed by atoms with Crippen LogP contribution in [0.2, 0.25) is 0 Å². The van der Waals surface area contributed by atoms with Crippen LogP contribution < -0.4 is 15.6 Å². The number of likely N-dealkylation sites (tertiary alicyclic amines) is 1. The molecule has 0 amide bonds. The second kappa shape index (κ2) is 13.3. The van der Waals surface area contributed by atoms with E-state index in [0.717, 1.165) is 50.0 Å². The predicted molar refractivity (Wildman–Crippen MR) is 153 cm³/mol. The molecular formula is C29H42N6O4. The van der Waals surface area contributed by atoms with Gasteiger partial charge in [-0.1, -0.05) is 20.8 Å². The molecule has 1 aliphatic rings. The number of fused-ring (bicyclic) bond motifs is 1. The maximum Gasteiger partial charge on any atom is 0.293 e. The van der Waals surface area contributed by atoms with Gasteiger partial charge >= 0.3 is 0 Å². The maximum absolute atomic E-state index is 13.7. The third-order valence-electron chi connectivity index (χ3n) is 7.07. The van der Waals surface area contributed by atoms with Crippen LogP contribution in [0.3, 0.4) is 0 Å². The predicted octanol–water partition coefficient (Wildman–Crippen LogP) is 3.84. The average Bonchev–Trinajstić information content (AvgIpc) is 2.95. The van der Waals surface area contributed by atoms with Crippen molar-refractivity contribution < 1.29 is 14.2 Å². The first kappa shape index (κ1) is 28.9. The molecule has 0 unspecified atom stereocenters. The van der Waals surface area contributed by atoms with Gasteiger partial charge < -0.3 is 24.4 Å². The van der Waals surface area contributed by atoms with Crippen LogP contribution in [0, 0.1) is 5.41 Å². The van der Waals surface area contributed by atoms with Crippen molar-refractivity contribution in [3.63, 3.8) is 0 Å². The highest BCUT2D eigenvalue weighted by molar-refractivity contribution is 5.78.